The highest BCUT2D eigenvalue weighted by Gasteiger charge is 2.20. The van der Waals surface area contributed by atoms with E-state index in [4.69, 9.17) is 0 Å². The average molecular weight is 188 g/mol. The molecule has 2 rings (SSSR count). The van der Waals surface area contributed by atoms with E-state index in [1.54, 1.807) is 5.56 Å². The molecule has 0 aromatic heterocycles. The van der Waals surface area contributed by atoms with Crippen LogP contribution >= 0.6 is 0 Å². The third kappa shape index (κ3) is 1.70. The van der Waals surface area contributed by atoms with E-state index in [1.807, 2.05) is 0 Å². The van der Waals surface area contributed by atoms with Gasteiger partial charge in [-0.05, 0) is 56.2 Å². The van der Waals surface area contributed by atoms with Crippen LogP contribution in [0.4, 0.5) is 0 Å². The van der Waals surface area contributed by atoms with E-state index in [9.17, 15) is 0 Å². The summed E-state index contributed by atoms with van der Waals surface area (Å²) in [6.07, 6.45) is 5.67. The highest BCUT2D eigenvalue weighted by molar-refractivity contribution is 5.40. The molecule has 0 saturated heterocycles. The van der Waals surface area contributed by atoms with Crippen molar-refractivity contribution in [3.8, 4) is 0 Å². The van der Waals surface area contributed by atoms with Crippen molar-refractivity contribution in [1.29, 1.82) is 0 Å². The zero-order chi connectivity index (χ0) is 10.1. The third-order valence-electron chi connectivity index (χ3n) is 3.50. The number of rotatable bonds is 1. The van der Waals surface area contributed by atoms with E-state index in [2.05, 4.69) is 32.9 Å². The Morgan fingerprint density at radius 2 is 1.43 bits per heavy atom. The van der Waals surface area contributed by atoms with Gasteiger partial charge in [0.1, 0.15) is 0 Å². The first-order valence-corrected chi connectivity index (χ1v) is 5.76. The lowest BCUT2D eigenvalue weighted by molar-refractivity contribution is 0.712. The van der Waals surface area contributed by atoms with Crippen molar-refractivity contribution in [2.24, 2.45) is 0 Å². The summed E-state index contributed by atoms with van der Waals surface area (Å²) in [5, 5.41) is 0. The molecule has 0 unspecified atom stereocenters. The first-order valence-electron chi connectivity index (χ1n) is 5.76. The van der Waals surface area contributed by atoms with Crippen LogP contribution in [0.2, 0.25) is 0 Å². The fourth-order valence-electron chi connectivity index (χ4n) is 3.05. The van der Waals surface area contributed by atoms with Crippen molar-refractivity contribution in [1.82, 2.24) is 0 Å². The number of hydrogen-bond donors (Lipinski definition) is 0. The van der Waals surface area contributed by atoms with Gasteiger partial charge in [-0.2, -0.15) is 0 Å². The molecule has 0 aliphatic heterocycles. The van der Waals surface area contributed by atoms with Crippen LogP contribution in [-0.4, -0.2) is 0 Å². The summed E-state index contributed by atoms with van der Waals surface area (Å²) in [6, 6.07) is 4.67. The van der Waals surface area contributed by atoms with Crippen molar-refractivity contribution in [3.63, 3.8) is 0 Å². The van der Waals surface area contributed by atoms with Gasteiger partial charge in [-0.1, -0.05) is 30.5 Å². The van der Waals surface area contributed by atoms with E-state index in [1.165, 1.54) is 42.4 Å². The topological polar surface area (TPSA) is 0 Å². The number of benzene rings is 1. The Balaban J connectivity index is 2.40. The zero-order valence-electron chi connectivity index (χ0n) is 9.56. The Labute approximate surface area is 87.3 Å². The molecule has 0 amide bonds. The Hall–Kier alpha value is -0.780. The first-order chi connectivity index (χ1) is 6.68. The zero-order valence-corrected chi connectivity index (χ0v) is 9.56. The maximum Gasteiger partial charge on any atom is -0.0157 e. The summed E-state index contributed by atoms with van der Waals surface area (Å²) in [4.78, 5) is 0. The molecule has 76 valence electrons. The van der Waals surface area contributed by atoms with Crippen LogP contribution in [0, 0.1) is 20.8 Å². The lowest BCUT2D eigenvalue weighted by Crippen LogP contribution is -2.00. The predicted octanol–water partition coefficient (Wildman–Crippen LogP) is 4.27. The van der Waals surface area contributed by atoms with E-state index in [-0.39, 0.29) is 0 Å². The highest BCUT2D eigenvalue weighted by Crippen LogP contribution is 2.37. The van der Waals surface area contributed by atoms with Gasteiger partial charge in [0.2, 0.25) is 0 Å². The molecule has 0 bridgehead atoms. The molecule has 0 radical (unpaired) electrons. The van der Waals surface area contributed by atoms with Crippen molar-refractivity contribution in [2.45, 2.75) is 52.4 Å². The second-order valence-corrected chi connectivity index (χ2v) is 4.79. The molecule has 0 spiro atoms. The summed E-state index contributed by atoms with van der Waals surface area (Å²) in [5.74, 6) is 0.857. The van der Waals surface area contributed by atoms with Crippen molar-refractivity contribution >= 4 is 0 Å². The van der Waals surface area contributed by atoms with Crippen LogP contribution in [-0.2, 0) is 0 Å². The van der Waals surface area contributed by atoms with E-state index in [0.717, 1.165) is 5.92 Å². The fourth-order valence-corrected chi connectivity index (χ4v) is 3.05. The number of aryl methyl sites for hydroxylation is 3. The molecular formula is C14H20. The minimum Gasteiger partial charge on any atom is -0.0561 e. The molecule has 1 aromatic rings. The SMILES string of the molecule is Cc1cc(C)c(C2CCCC2)c(C)c1. The van der Waals surface area contributed by atoms with Crippen molar-refractivity contribution in [2.75, 3.05) is 0 Å². The third-order valence-corrected chi connectivity index (χ3v) is 3.50. The van der Waals surface area contributed by atoms with Gasteiger partial charge in [0.25, 0.3) is 0 Å². The Morgan fingerprint density at radius 3 is 1.93 bits per heavy atom. The summed E-state index contributed by atoms with van der Waals surface area (Å²) in [6.45, 7) is 6.74. The highest BCUT2D eigenvalue weighted by atomic mass is 14.2. The standard InChI is InChI=1S/C14H20/c1-10-8-11(2)14(12(3)9-10)13-6-4-5-7-13/h8-9,13H,4-7H2,1-3H3. The lowest BCUT2D eigenvalue weighted by atomic mass is 9.88. The molecular weight excluding hydrogens is 168 g/mol. The maximum absolute atomic E-state index is 2.33. The molecule has 0 atom stereocenters. The van der Waals surface area contributed by atoms with E-state index >= 15 is 0 Å². The quantitative estimate of drug-likeness (QED) is 0.617. The molecule has 14 heavy (non-hydrogen) atoms. The van der Waals surface area contributed by atoms with Gasteiger partial charge in [0.05, 0.1) is 0 Å². The van der Waals surface area contributed by atoms with Gasteiger partial charge in [0.15, 0.2) is 0 Å². The van der Waals surface area contributed by atoms with Crippen molar-refractivity contribution < 1.29 is 0 Å². The molecule has 0 N–H and O–H groups in total. The molecule has 1 saturated carbocycles. The maximum atomic E-state index is 2.33. The van der Waals surface area contributed by atoms with Crippen LogP contribution in [0.3, 0.4) is 0 Å². The monoisotopic (exact) mass is 188 g/mol. The second-order valence-electron chi connectivity index (χ2n) is 4.79. The van der Waals surface area contributed by atoms with Gasteiger partial charge >= 0.3 is 0 Å². The normalized spacial score (nSPS) is 17.6. The molecule has 0 heterocycles. The van der Waals surface area contributed by atoms with E-state index < -0.39 is 0 Å². The molecule has 0 heteroatoms. The van der Waals surface area contributed by atoms with Crippen LogP contribution < -0.4 is 0 Å². The molecule has 1 aliphatic carbocycles. The predicted molar refractivity (Wildman–Crippen MR) is 61.9 cm³/mol. The second kappa shape index (κ2) is 3.76. The van der Waals surface area contributed by atoms with Gasteiger partial charge in [0, 0.05) is 0 Å². The summed E-state index contributed by atoms with van der Waals surface area (Å²) in [5.41, 5.74) is 6.07. The Morgan fingerprint density at radius 1 is 0.929 bits per heavy atom. The van der Waals surface area contributed by atoms with Crippen LogP contribution in [0.15, 0.2) is 12.1 Å². The molecule has 0 nitrogen and oxygen atoms in total. The molecule has 1 aliphatic rings. The minimum atomic E-state index is 0.857. The van der Waals surface area contributed by atoms with Gasteiger partial charge in [-0.3, -0.25) is 0 Å². The van der Waals surface area contributed by atoms with Crippen LogP contribution in [0.1, 0.15) is 53.9 Å². The van der Waals surface area contributed by atoms with Crippen LogP contribution in [0.5, 0.6) is 0 Å². The summed E-state index contributed by atoms with van der Waals surface area (Å²) >= 11 is 0. The summed E-state index contributed by atoms with van der Waals surface area (Å²) in [7, 11) is 0. The van der Waals surface area contributed by atoms with Crippen LogP contribution in [0.25, 0.3) is 0 Å². The van der Waals surface area contributed by atoms with E-state index in [0.29, 0.717) is 0 Å². The molecule has 1 fully saturated rings. The fraction of sp³-hybridized carbons (Fsp3) is 0.571. The Kier molecular flexibility index (Phi) is 2.62. The van der Waals surface area contributed by atoms with Gasteiger partial charge in [-0.15, -0.1) is 0 Å². The first kappa shape index (κ1) is 9.76. The Bertz CT molecular complexity index is 307. The van der Waals surface area contributed by atoms with Gasteiger partial charge in [-0.25, -0.2) is 0 Å². The molecule has 1 aromatic carbocycles. The smallest absolute Gasteiger partial charge is 0.0157 e. The number of hydrogen-bond acceptors (Lipinski definition) is 0. The minimum absolute atomic E-state index is 0.857. The van der Waals surface area contributed by atoms with Gasteiger partial charge < -0.3 is 0 Å². The lowest BCUT2D eigenvalue weighted by Gasteiger charge is -2.17. The van der Waals surface area contributed by atoms with Crippen molar-refractivity contribution in [3.05, 3.63) is 34.4 Å². The largest absolute Gasteiger partial charge is 0.0561 e. The summed E-state index contributed by atoms with van der Waals surface area (Å²) < 4.78 is 0. The average Bonchev–Trinajstić information content (AvgIpc) is 2.54.